The van der Waals surface area contributed by atoms with E-state index in [1.807, 2.05) is 0 Å². The number of rotatable bonds is 7. The molecule has 2 aromatic heterocycles. The predicted molar refractivity (Wildman–Crippen MR) is 135 cm³/mol. The van der Waals surface area contributed by atoms with Crippen LogP contribution in [-0.2, 0) is 0 Å². The second kappa shape index (κ2) is 9.19. The molecule has 2 aromatic carbocycles. The third-order valence-corrected chi connectivity index (χ3v) is 5.93. The summed E-state index contributed by atoms with van der Waals surface area (Å²) in [7, 11) is 0. The van der Waals surface area contributed by atoms with Gasteiger partial charge in [-0.3, -0.25) is 4.98 Å². The summed E-state index contributed by atoms with van der Waals surface area (Å²) in [4.78, 5) is 4.17. The summed E-state index contributed by atoms with van der Waals surface area (Å²) in [6.07, 6.45) is 5.04. The van der Waals surface area contributed by atoms with Gasteiger partial charge in [-0.25, -0.2) is 13.5 Å². The Balaban J connectivity index is 1.62. The van der Waals surface area contributed by atoms with E-state index in [-0.39, 0.29) is 28.2 Å². The van der Waals surface area contributed by atoms with Gasteiger partial charge >= 0.3 is 0 Å². The van der Waals surface area contributed by atoms with Crippen LogP contribution < -0.4 is 10.6 Å². The van der Waals surface area contributed by atoms with Gasteiger partial charge in [0.15, 0.2) is 5.82 Å². The molecule has 5 rings (SSSR count). The van der Waals surface area contributed by atoms with E-state index < -0.39 is 17.7 Å². The molecule has 36 heavy (non-hydrogen) atoms. The molecule has 0 amide bonds. The molecule has 1 aliphatic carbocycles. The van der Waals surface area contributed by atoms with Crippen molar-refractivity contribution < 1.29 is 10.2 Å². The Labute approximate surface area is 209 Å². The summed E-state index contributed by atoms with van der Waals surface area (Å²) < 4.78 is 40.2. The van der Waals surface area contributed by atoms with Crippen molar-refractivity contribution in [2.75, 3.05) is 17.2 Å². The Hall–Kier alpha value is -4.06. The van der Waals surface area contributed by atoms with Crippen LogP contribution in [0, 0.1) is 28.4 Å². The maximum atomic E-state index is 15.3. The molecule has 184 valence electrons. The summed E-state index contributed by atoms with van der Waals surface area (Å²) >= 11 is 0. The van der Waals surface area contributed by atoms with Crippen molar-refractivity contribution in [2.45, 2.75) is 45.7 Å². The number of nitrogens with zero attached hydrogens (tertiary/aromatic N) is 5. The lowest BCUT2D eigenvalue weighted by molar-refractivity contribution is 0.443. The molecule has 2 heterocycles. The van der Waals surface area contributed by atoms with Crippen LogP contribution in [0.3, 0.4) is 0 Å². The normalized spacial score (nSPS) is 15.7. The number of anilines is 2. The molecular formula is C27H27F2N7. The number of hydrogen-bond acceptors (Lipinski definition) is 6. The second-order valence-corrected chi connectivity index (χ2v) is 10.2. The zero-order chi connectivity index (χ0) is 26.4. The number of benzene rings is 2. The Morgan fingerprint density at radius 3 is 2.64 bits per heavy atom. The number of nitriles is 1. The SMILES string of the molecule is [2H]C(Nc1cc(F)c2ncc(C#N)c(NCC(C)(C)C)c2c1)(c1ccc(F)cc1)c1cn(C2CC2)nn1. The first-order chi connectivity index (χ1) is 17.6. The van der Waals surface area contributed by atoms with Gasteiger partial charge in [-0.2, -0.15) is 5.26 Å². The second-order valence-electron chi connectivity index (χ2n) is 10.2. The monoisotopic (exact) mass is 488 g/mol. The van der Waals surface area contributed by atoms with Gasteiger partial charge in [0.2, 0.25) is 0 Å². The molecule has 0 bridgehead atoms. The number of aromatic nitrogens is 4. The quantitative estimate of drug-likeness (QED) is 0.333. The van der Waals surface area contributed by atoms with Crippen molar-refractivity contribution in [3.05, 3.63) is 77.2 Å². The number of nitrogens with one attached hydrogen (secondary N) is 2. The summed E-state index contributed by atoms with van der Waals surface area (Å²) in [6.45, 7) is 6.70. The lowest BCUT2D eigenvalue weighted by atomic mass is 9.96. The van der Waals surface area contributed by atoms with Crippen LogP contribution in [0.2, 0.25) is 0 Å². The van der Waals surface area contributed by atoms with Crippen molar-refractivity contribution in [2.24, 2.45) is 5.41 Å². The van der Waals surface area contributed by atoms with E-state index in [4.69, 9.17) is 0 Å². The van der Waals surface area contributed by atoms with Crippen LogP contribution in [0.5, 0.6) is 0 Å². The molecule has 2 N–H and O–H groups in total. The highest BCUT2D eigenvalue weighted by Crippen LogP contribution is 2.36. The van der Waals surface area contributed by atoms with Crippen molar-refractivity contribution >= 4 is 22.3 Å². The number of fused-ring (bicyclic) bond motifs is 1. The number of pyridine rings is 1. The largest absolute Gasteiger partial charge is 0.383 e. The predicted octanol–water partition coefficient (Wildman–Crippen LogP) is 5.97. The zero-order valence-corrected chi connectivity index (χ0v) is 20.3. The third kappa shape index (κ3) is 4.98. The first kappa shape index (κ1) is 22.4. The highest BCUT2D eigenvalue weighted by Gasteiger charge is 2.27. The minimum atomic E-state index is -1.69. The van der Waals surface area contributed by atoms with E-state index in [0.717, 1.165) is 12.8 Å². The minimum absolute atomic E-state index is 0.0942. The van der Waals surface area contributed by atoms with Crippen molar-refractivity contribution in [3.8, 4) is 6.07 Å². The van der Waals surface area contributed by atoms with Gasteiger partial charge in [-0.1, -0.05) is 38.1 Å². The fourth-order valence-electron chi connectivity index (χ4n) is 3.91. The van der Waals surface area contributed by atoms with Crippen LogP contribution in [0.1, 0.15) is 63.9 Å². The Bertz CT molecular complexity index is 1500. The molecule has 0 aliphatic heterocycles. The van der Waals surface area contributed by atoms with Crippen molar-refractivity contribution in [1.82, 2.24) is 20.0 Å². The average Bonchev–Trinajstić information content (AvgIpc) is 3.58. The Morgan fingerprint density at radius 2 is 1.97 bits per heavy atom. The minimum Gasteiger partial charge on any atom is -0.383 e. The zero-order valence-electron chi connectivity index (χ0n) is 21.3. The highest BCUT2D eigenvalue weighted by molar-refractivity contribution is 5.96. The molecule has 9 heteroatoms. The van der Waals surface area contributed by atoms with Crippen LogP contribution in [0.15, 0.2) is 48.8 Å². The van der Waals surface area contributed by atoms with Crippen LogP contribution in [0.25, 0.3) is 10.9 Å². The maximum absolute atomic E-state index is 15.3. The van der Waals surface area contributed by atoms with E-state index in [1.165, 1.54) is 36.5 Å². The van der Waals surface area contributed by atoms with Gasteiger partial charge in [0.1, 0.15) is 23.1 Å². The fraction of sp³-hybridized carbons (Fsp3) is 0.333. The van der Waals surface area contributed by atoms with Gasteiger partial charge in [0.05, 0.1) is 30.9 Å². The summed E-state index contributed by atoms with van der Waals surface area (Å²) in [6, 6.07) is 9.13. The smallest absolute Gasteiger partial charge is 0.151 e. The lowest BCUT2D eigenvalue weighted by Crippen LogP contribution is -2.20. The van der Waals surface area contributed by atoms with Crippen LogP contribution in [0.4, 0.5) is 20.2 Å². The molecule has 1 atom stereocenters. The third-order valence-electron chi connectivity index (χ3n) is 5.93. The first-order valence-corrected chi connectivity index (χ1v) is 11.8. The molecule has 1 unspecified atom stereocenters. The fourth-order valence-corrected chi connectivity index (χ4v) is 3.91. The van der Waals surface area contributed by atoms with E-state index in [1.54, 1.807) is 16.9 Å². The molecule has 0 spiro atoms. The van der Waals surface area contributed by atoms with Crippen molar-refractivity contribution in [1.29, 1.82) is 5.26 Å². The molecule has 7 nitrogen and oxygen atoms in total. The molecule has 1 saturated carbocycles. The van der Waals surface area contributed by atoms with Crippen molar-refractivity contribution in [3.63, 3.8) is 0 Å². The molecular weight excluding hydrogens is 460 g/mol. The molecule has 0 radical (unpaired) electrons. The van der Waals surface area contributed by atoms with Gasteiger partial charge in [-0.15, -0.1) is 5.10 Å². The Kier molecular flexibility index (Phi) is 5.72. The standard InChI is InChI=1S/C27H27F2N7/c1-27(2,3)15-32-24-17(12-30)13-31-26-21(24)10-19(11-22(26)29)33-25(16-4-6-18(28)7-5-16)23-14-36(35-34-23)20-8-9-20/h4-7,10-11,13-14,20,25,33H,8-9,15H2,1-3H3,(H,31,32)/i25D. The summed E-state index contributed by atoms with van der Waals surface area (Å²) in [5, 5.41) is 24.9. The lowest BCUT2D eigenvalue weighted by Gasteiger charge is -2.22. The van der Waals surface area contributed by atoms with Crippen LogP contribution in [-0.4, -0.2) is 26.5 Å². The van der Waals surface area contributed by atoms with Crippen LogP contribution >= 0.6 is 0 Å². The molecule has 1 fully saturated rings. The topological polar surface area (TPSA) is 91.5 Å². The van der Waals surface area contributed by atoms with E-state index >= 15 is 4.39 Å². The van der Waals surface area contributed by atoms with E-state index in [2.05, 4.69) is 52.8 Å². The highest BCUT2D eigenvalue weighted by atomic mass is 19.1. The van der Waals surface area contributed by atoms with Gasteiger partial charge in [0.25, 0.3) is 0 Å². The average molecular weight is 489 g/mol. The molecule has 4 aromatic rings. The summed E-state index contributed by atoms with van der Waals surface area (Å²) in [5.74, 6) is -1.04. The van der Waals surface area contributed by atoms with Gasteiger partial charge in [-0.05, 0) is 48.1 Å². The molecule has 0 saturated heterocycles. The van der Waals surface area contributed by atoms with E-state index in [0.29, 0.717) is 28.9 Å². The van der Waals surface area contributed by atoms with Gasteiger partial charge in [0, 0.05) is 23.8 Å². The van der Waals surface area contributed by atoms with E-state index in [9.17, 15) is 11.0 Å². The first-order valence-electron chi connectivity index (χ1n) is 12.3. The summed E-state index contributed by atoms with van der Waals surface area (Å²) in [5.41, 5.74) is 1.76. The Morgan fingerprint density at radius 1 is 1.22 bits per heavy atom. The van der Waals surface area contributed by atoms with Gasteiger partial charge < -0.3 is 10.6 Å². The molecule has 1 aliphatic rings. The maximum Gasteiger partial charge on any atom is 0.151 e. The number of halogens is 2. The number of hydrogen-bond donors (Lipinski definition) is 2.